The van der Waals surface area contributed by atoms with E-state index in [4.69, 9.17) is 4.74 Å². The van der Waals surface area contributed by atoms with Gasteiger partial charge in [0, 0.05) is 24.5 Å². The molecule has 1 amide bonds. The maximum absolute atomic E-state index is 13.8. The SMILES string of the molecule is Cc1ccc([C@H](CN2CCOCC2)NC(=O)CSc2cc(F)ccc2F)cc1. The fourth-order valence-corrected chi connectivity index (χ4v) is 3.81. The molecule has 0 aromatic heterocycles. The molecule has 2 aromatic rings. The van der Waals surface area contributed by atoms with E-state index in [0.717, 1.165) is 54.2 Å². The van der Waals surface area contributed by atoms with Gasteiger partial charge in [-0.25, -0.2) is 8.78 Å². The number of hydrogen-bond acceptors (Lipinski definition) is 4. The Morgan fingerprint density at radius 1 is 1.18 bits per heavy atom. The van der Waals surface area contributed by atoms with E-state index in [0.29, 0.717) is 19.8 Å². The summed E-state index contributed by atoms with van der Waals surface area (Å²) in [6.45, 7) is 5.70. The number of hydrogen-bond donors (Lipinski definition) is 1. The van der Waals surface area contributed by atoms with Crippen LogP contribution in [0.5, 0.6) is 0 Å². The third-order valence-electron chi connectivity index (χ3n) is 4.61. The molecule has 0 unspecified atom stereocenters. The second-order valence-corrected chi connectivity index (χ2v) is 7.82. The number of carbonyl (C=O) groups excluding carboxylic acids is 1. The van der Waals surface area contributed by atoms with E-state index < -0.39 is 11.6 Å². The van der Waals surface area contributed by atoms with Crippen LogP contribution in [0.4, 0.5) is 8.78 Å². The Kier molecular flexibility index (Phi) is 7.42. The van der Waals surface area contributed by atoms with E-state index in [1.807, 2.05) is 31.2 Å². The summed E-state index contributed by atoms with van der Waals surface area (Å²) >= 11 is 0.994. The first-order valence-corrected chi connectivity index (χ1v) is 10.2. The van der Waals surface area contributed by atoms with Gasteiger partial charge in [0.25, 0.3) is 0 Å². The van der Waals surface area contributed by atoms with Crippen LogP contribution in [0.3, 0.4) is 0 Å². The standard InChI is InChI=1S/C21H24F2N2O2S/c1-15-2-4-16(5-3-15)19(13-25-8-10-27-11-9-25)24-21(26)14-28-20-12-17(22)6-7-18(20)23/h2-7,12,19H,8-11,13-14H2,1H3,(H,24,26)/t19-/m0/s1. The van der Waals surface area contributed by atoms with E-state index >= 15 is 0 Å². The van der Waals surface area contributed by atoms with Crippen molar-refractivity contribution in [3.8, 4) is 0 Å². The third kappa shape index (κ3) is 6.02. The molecule has 3 rings (SSSR count). The number of amides is 1. The van der Waals surface area contributed by atoms with Crippen molar-refractivity contribution in [2.75, 3.05) is 38.6 Å². The highest BCUT2D eigenvalue weighted by Gasteiger charge is 2.20. The molecule has 0 saturated carbocycles. The molecule has 2 aromatic carbocycles. The summed E-state index contributed by atoms with van der Waals surface area (Å²) in [7, 11) is 0. The van der Waals surface area contributed by atoms with Crippen LogP contribution in [-0.2, 0) is 9.53 Å². The van der Waals surface area contributed by atoms with Gasteiger partial charge in [-0.1, -0.05) is 29.8 Å². The summed E-state index contributed by atoms with van der Waals surface area (Å²) in [5.41, 5.74) is 2.17. The van der Waals surface area contributed by atoms with Crippen LogP contribution >= 0.6 is 11.8 Å². The smallest absolute Gasteiger partial charge is 0.230 e. The lowest BCUT2D eigenvalue weighted by Gasteiger charge is -2.31. The molecule has 1 aliphatic rings. The maximum atomic E-state index is 13.8. The lowest BCUT2D eigenvalue weighted by atomic mass is 10.0. The van der Waals surface area contributed by atoms with Gasteiger partial charge in [0.1, 0.15) is 11.6 Å². The average molecular weight is 406 g/mol. The highest BCUT2D eigenvalue weighted by Crippen LogP contribution is 2.23. The molecule has 1 N–H and O–H groups in total. The first-order valence-electron chi connectivity index (χ1n) is 9.25. The molecule has 1 fully saturated rings. The van der Waals surface area contributed by atoms with Crippen LogP contribution < -0.4 is 5.32 Å². The number of thioether (sulfide) groups is 1. The van der Waals surface area contributed by atoms with E-state index in [1.165, 1.54) is 0 Å². The summed E-state index contributed by atoms with van der Waals surface area (Å²) in [6.07, 6.45) is 0. The van der Waals surface area contributed by atoms with Crippen molar-refractivity contribution in [2.45, 2.75) is 17.9 Å². The topological polar surface area (TPSA) is 41.6 Å². The van der Waals surface area contributed by atoms with Gasteiger partial charge in [-0.3, -0.25) is 9.69 Å². The Labute approximate surface area is 168 Å². The molecule has 1 atom stereocenters. The van der Waals surface area contributed by atoms with Gasteiger partial charge in [0.15, 0.2) is 0 Å². The second kappa shape index (κ2) is 10.0. The number of ether oxygens (including phenoxy) is 1. The highest BCUT2D eigenvalue weighted by atomic mass is 32.2. The second-order valence-electron chi connectivity index (χ2n) is 6.81. The van der Waals surface area contributed by atoms with Crippen molar-refractivity contribution in [3.63, 3.8) is 0 Å². The largest absolute Gasteiger partial charge is 0.379 e. The van der Waals surface area contributed by atoms with Gasteiger partial charge in [-0.2, -0.15) is 0 Å². The van der Waals surface area contributed by atoms with Crippen LogP contribution in [0.1, 0.15) is 17.2 Å². The summed E-state index contributed by atoms with van der Waals surface area (Å²) in [5.74, 6) is -1.24. The summed E-state index contributed by atoms with van der Waals surface area (Å²) in [5, 5.41) is 3.05. The average Bonchev–Trinajstić information content (AvgIpc) is 2.69. The number of carbonyl (C=O) groups is 1. The van der Waals surface area contributed by atoms with Crippen molar-refractivity contribution in [3.05, 3.63) is 65.2 Å². The highest BCUT2D eigenvalue weighted by molar-refractivity contribution is 8.00. The monoisotopic (exact) mass is 406 g/mol. The van der Waals surface area contributed by atoms with E-state index in [2.05, 4.69) is 10.2 Å². The van der Waals surface area contributed by atoms with Crippen molar-refractivity contribution in [2.24, 2.45) is 0 Å². The van der Waals surface area contributed by atoms with E-state index in [-0.39, 0.29) is 22.6 Å². The molecular formula is C21H24F2N2O2S. The van der Waals surface area contributed by atoms with Crippen molar-refractivity contribution >= 4 is 17.7 Å². The molecule has 0 aliphatic carbocycles. The molecule has 4 nitrogen and oxygen atoms in total. The van der Waals surface area contributed by atoms with Gasteiger partial charge in [0.05, 0.1) is 25.0 Å². The summed E-state index contributed by atoms with van der Waals surface area (Å²) in [6, 6.07) is 11.1. The normalized spacial score (nSPS) is 16.0. The quantitative estimate of drug-likeness (QED) is 0.714. The van der Waals surface area contributed by atoms with Crippen LogP contribution in [0.15, 0.2) is 47.4 Å². The predicted octanol–water partition coefficient (Wildman–Crippen LogP) is 3.56. The Morgan fingerprint density at radius 3 is 2.61 bits per heavy atom. The minimum absolute atomic E-state index is 0.0197. The molecule has 0 radical (unpaired) electrons. The molecule has 0 spiro atoms. The first-order chi connectivity index (χ1) is 13.5. The predicted molar refractivity (Wildman–Crippen MR) is 106 cm³/mol. The Balaban J connectivity index is 1.64. The zero-order valence-electron chi connectivity index (χ0n) is 15.8. The summed E-state index contributed by atoms with van der Waals surface area (Å²) < 4.78 is 32.5. The maximum Gasteiger partial charge on any atom is 0.230 e. The number of morpholine rings is 1. The summed E-state index contributed by atoms with van der Waals surface area (Å²) in [4.78, 5) is 14.9. The third-order valence-corrected chi connectivity index (χ3v) is 5.64. The number of aryl methyl sites for hydroxylation is 1. The molecule has 7 heteroatoms. The first kappa shape index (κ1) is 20.8. The minimum atomic E-state index is -0.525. The van der Waals surface area contributed by atoms with Gasteiger partial charge in [-0.05, 0) is 30.7 Å². The van der Waals surface area contributed by atoms with Gasteiger partial charge in [0.2, 0.25) is 5.91 Å². The number of nitrogens with zero attached hydrogens (tertiary/aromatic N) is 1. The molecule has 0 bridgehead atoms. The van der Waals surface area contributed by atoms with Gasteiger partial charge >= 0.3 is 0 Å². The number of benzene rings is 2. The van der Waals surface area contributed by atoms with Crippen LogP contribution in [-0.4, -0.2) is 49.4 Å². The fraction of sp³-hybridized carbons (Fsp3) is 0.381. The Morgan fingerprint density at radius 2 is 1.89 bits per heavy atom. The molecule has 28 heavy (non-hydrogen) atoms. The Hall–Kier alpha value is -1.96. The lowest BCUT2D eigenvalue weighted by Crippen LogP contribution is -2.43. The van der Waals surface area contributed by atoms with E-state index in [1.54, 1.807) is 0 Å². The molecule has 150 valence electrons. The number of halogens is 2. The van der Waals surface area contributed by atoms with E-state index in [9.17, 15) is 13.6 Å². The van der Waals surface area contributed by atoms with Crippen LogP contribution in [0.25, 0.3) is 0 Å². The van der Waals surface area contributed by atoms with Crippen LogP contribution in [0.2, 0.25) is 0 Å². The molecule has 1 aliphatic heterocycles. The van der Waals surface area contributed by atoms with Crippen molar-refractivity contribution < 1.29 is 18.3 Å². The van der Waals surface area contributed by atoms with Gasteiger partial charge < -0.3 is 10.1 Å². The van der Waals surface area contributed by atoms with Crippen molar-refractivity contribution in [1.29, 1.82) is 0 Å². The fourth-order valence-electron chi connectivity index (χ4n) is 3.04. The number of nitrogens with one attached hydrogen (secondary N) is 1. The van der Waals surface area contributed by atoms with Gasteiger partial charge in [-0.15, -0.1) is 11.8 Å². The van der Waals surface area contributed by atoms with Crippen LogP contribution in [0, 0.1) is 18.6 Å². The number of rotatable bonds is 7. The molecule has 1 heterocycles. The zero-order valence-corrected chi connectivity index (χ0v) is 16.6. The lowest BCUT2D eigenvalue weighted by molar-refractivity contribution is -0.119. The zero-order chi connectivity index (χ0) is 19.9. The van der Waals surface area contributed by atoms with Crippen molar-refractivity contribution in [1.82, 2.24) is 10.2 Å². The Bertz CT molecular complexity index is 795. The molecule has 1 saturated heterocycles. The molecular weight excluding hydrogens is 382 g/mol. The minimum Gasteiger partial charge on any atom is -0.379 e.